The van der Waals surface area contributed by atoms with Gasteiger partial charge in [-0.1, -0.05) is 61.6 Å². The Kier molecular flexibility index (Phi) is 6.95. The van der Waals surface area contributed by atoms with Crippen LogP contribution in [0.25, 0.3) is 17.1 Å². The standard InChI is InChI=1S/C22H25N3O3S/c1-4-24(5-2)13-14-28-21(27)19-15-25-20(26)16(3)18(23-22(25)29-19)12-11-17-9-7-6-8-10-17/h6-12,15H,4-5,13-14H2,1-3H3. The molecule has 0 fully saturated rings. The Morgan fingerprint density at radius 2 is 1.93 bits per heavy atom. The molecule has 0 aliphatic rings. The first-order chi connectivity index (χ1) is 14.0. The Hall–Kier alpha value is -2.77. The van der Waals surface area contributed by atoms with E-state index in [0.29, 0.717) is 34.2 Å². The first-order valence-corrected chi connectivity index (χ1v) is 10.5. The molecule has 29 heavy (non-hydrogen) atoms. The van der Waals surface area contributed by atoms with Gasteiger partial charge in [-0.15, -0.1) is 0 Å². The van der Waals surface area contributed by atoms with Crippen molar-refractivity contribution in [3.05, 3.63) is 68.6 Å². The van der Waals surface area contributed by atoms with E-state index in [9.17, 15) is 9.59 Å². The van der Waals surface area contributed by atoms with Crippen LogP contribution in [0.3, 0.4) is 0 Å². The van der Waals surface area contributed by atoms with Crippen LogP contribution in [0.15, 0.2) is 41.3 Å². The Morgan fingerprint density at radius 1 is 1.21 bits per heavy atom. The third kappa shape index (κ3) is 4.99. The van der Waals surface area contributed by atoms with Gasteiger partial charge in [-0.25, -0.2) is 9.78 Å². The summed E-state index contributed by atoms with van der Waals surface area (Å²) >= 11 is 1.16. The number of rotatable bonds is 8. The number of thiazole rings is 1. The quantitative estimate of drug-likeness (QED) is 0.529. The topological polar surface area (TPSA) is 63.9 Å². The van der Waals surface area contributed by atoms with Crippen LogP contribution < -0.4 is 5.56 Å². The molecular weight excluding hydrogens is 386 g/mol. The van der Waals surface area contributed by atoms with Gasteiger partial charge in [0.1, 0.15) is 11.5 Å². The van der Waals surface area contributed by atoms with E-state index >= 15 is 0 Å². The summed E-state index contributed by atoms with van der Waals surface area (Å²) in [7, 11) is 0. The van der Waals surface area contributed by atoms with Crippen LogP contribution in [0.1, 0.15) is 40.3 Å². The lowest BCUT2D eigenvalue weighted by Crippen LogP contribution is -2.27. The van der Waals surface area contributed by atoms with Crippen molar-refractivity contribution in [1.29, 1.82) is 0 Å². The SMILES string of the molecule is CCN(CC)CCOC(=O)c1cn2c(=O)c(C)c(C=Cc3ccccc3)nc2s1. The molecule has 6 nitrogen and oxygen atoms in total. The molecule has 0 bridgehead atoms. The molecule has 0 aliphatic carbocycles. The second kappa shape index (κ2) is 9.62. The van der Waals surface area contributed by atoms with Gasteiger partial charge in [-0.3, -0.25) is 9.20 Å². The lowest BCUT2D eigenvalue weighted by molar-refractivity contribution is 0.0471. The molecular formula is C22H25N3O3S. The predicted octanol–water partition coefficient (Wildman–Crippen LogP) is 3.73. The van der Waals surface area contributed by atoms with Gasteiger partial charge in [-0.05, 0) is 31.7 Å². The average Bonchev–Trinajstić information content (AvgIpc) is 3.18. The molecule has 0 amide bonds. The second-order valence-electron chi connectivity index (χ2n) is 6.58. The molecule has 2 aromatic heterocycles. The van der Waals surface area contributed by atoms with Crippen molar-refractivity contribution in [3.63, 3.8) is 0 Å². The van der Waals surface area contributed by atoms with E-state index in [1.54, 1.807) is 6.92 Å². The molecule has 0 N–H and O–H groups in total. The third-order valence-electron chi connectivity index (χ3n) is 4.76. The van der Waals surface area contributed by atoms with Crippen molar-refractivity contribution < 1.29 is 9.53 Å². The summed E-state index contributed by atoms with van der Waals surface area (Å²) in [5.74, 6) is -0.425. The van der Waals surface area contributed by atoms with Crippen molar-refractivity contribution in [2.45, 2.75) is 20.8 Å². The maximum Gasteiger partial charge on any atom is 0.350 e. The molecule has 0 atom stereocenters. The first-order valence-electron chi connectivity index (χ1n) is 9.68. The highest BCUT2D eigenvalue weighted by Gasteiger charge is 2.16. The van der Waals surface area contributed by atoms with Crippen molar-refractivity contribution in [2.75, 3.05) is 26.2 Å². The van der Waals surface area contributed by atoms with Gasteiger partial charge >= 0.3 is 5.97 Å². The molecule has 1 aromatic carbocycles. The molecule has 152 valence electrons. The Bertz CT molecular complexity index is 1070. The molecule has 0 aliphatic heterocycles. The highest BCUT2D eigenvalue weighted by Crippen LogP contribution is 2.18. The summed E-state index contributed by atoms with van der Waals surface area (Å²) in [6, 6.07) is 9.82. The number of nitrogens with zero attached hydrogens (tertiary/aromatic N) is 3. The van der Waals surface area contributed by atoms with Gasteiger partial charge in [0.2, 0.25) is 0 Å². The number of hydrogen-bond donors (Lipinski definition) is 0. The average molecular weight is 412 g/mol. The fraction of sp³-hybridized carbons (Fsp3) is 0.318. The maximum absolute atomic E-state index is 12.7. The monoisotopic (exact) mass is 411 g/mol. The number of esters is 1. The summed E-state index contributed by atoms with van der Waals surface area (Å²) in [4.78, 5) is 32.7. The molecule has 3 rings (SSSR count). The van der Waals surface area contributed by atoms with Crippen LogP contribution in [0.4, 0.5) is 0 Å². The normalized spacial score (nSPS) is 11.6. The Morgan fingerprint density at radius 3 is 2.62 bits per heavy atom. The summed E-state index contributed by atoms with van der Waals surface area (Å²) in [6.07, 6.45) is 5.27. The summed E-state index contributed by atoms with van der Waals surface area (Å²) in [6.45, 7) is 8.72. The van der Waals surface area contributed by atoms with Crippen LogP contribution in [-0.4, -0.2) is 46.5 Å². The fourth-order valence-corrected chi connectivity index (χ4v) is 3.80. The maximum atomic E-state index is 12.7. The zero-order valence-corrected chi connectivity index (χ0v) is 17.7. The molecule has 3 aromatic rings. The van der Waals surface area contributed by atoms with Crippen LogP contribution in [0.5, 0.6) is 0 Å². The van der Waals surface area contributed by atoms with Crippen molar-refractivity contribution in [1.82, 2.24) is 14.3 Å². The van der Waals surface area contributed by atoms with Gasteiger partial charge in [0, 0.05) is 18.3 Å². The molecule has 0 spiro atoms. The lowest BCUT2D eigenvalue weighted by atomic mass is 10.1. The molecule has 7 heteroatoms. The van der Waals surface area contributed by atoms with Crippen molar-refractivity contribution >= 4 is 34.4 Å². The number of hydrogen-bond acceptors (Lipinski definition) is 6. The van der Waals surface area contributed by atoms with E-state index in [0.717, 1.165) is 30.0 Å². The van der Waals surface area contributed by atoms with E-state index in [2.05, 4.69) is 23.7 Å². The van der Waals surface area contributed by atoms with E-state index in [1.807, 2.05) is 42.5 Å². The van der Waals surface area contributed by atoms with Gasteiger partial charge in [0.25, 0.3) is 5.56 Å². The number of likely N-dealkylation sites (N-methyl/N-ethyl adjacent to an activating group) is 1. The number of aromatic nitrogens is 2. The molecule has 0 unspecified atom stereocenters. The van der Waals surface area contributed by atoms with E-state index in [1.165, 1.54) is 10.6 Å². The van der Waals surface area contributed by atoms with Crippen LogP contribution in [0, 0.1) is 6.92 Å². The number of benzene rings is 1. The lowest BCUT2D eigenvalue weighted by Gasteiger charge is -2.17. The molecule has 0 saturated carbocycles. The Labute approximate surface area is 174 Å². The largest absolute Gasteiger partial charge is 0.460 e. The highest BCUT2D eigenvalue weighted by atomic mass is 32.1. The van der Waals surface area contributed by atoms with Gasteiger partial charge in [-0.2, -0.15) is 0 Å². The van der Waals surface area contributed by atoms with Crippen molar-refractivity contribution in [3.8, 4) is 0 Å². The first kappa shape index (κ1) is 21.0. The minimum absolute atomic E-state index is 0.179. The summed E-state index contributed by atoms with van der Waals surface area (Å²) in [5, 5.41) is 0. The van der Waals surface area contributed by atoms with E-state index in [-0.39, 0.29) is 5.56 Å². The highest BCUT2D eigenvalue weighted by molar-refractivity contribution is 7.18. The van der Waals surface area contributed by atoms with E-state index < -0.39 is 5.97 Å². The number of fused-ring (bicyclic) bond motifs is 1. The minimum atomic E-state index is -0.425. The van der Waals surface area contributed by atoms with Crippen LogP contribution in [-0.2, 0) is 4.74 Å². The fourth-order valence-electron chi connectivity index (χ4n) is 2.92. The molecule has 0 saturated heterocycles. The summed E-state index contributed by atoms with van der Waals surface area (Å²) in [5.41, 5.74) is 1.98. The number of ether oxygens (including phenoxy) is 1. The van der Waals surface area contributed by atoms with Crippen LogP contribution >= 0.6 is 11.3 Å². The number of carbonyl (C=O) groups is 1. The molecule has 0 radical (unpaired) electrons. The second-order valence-corrected chi connectivity index (χ2v) is 7.59. The van der Waals surface area contributed by atoms with Crippen molar-refractivity contribution in [2.24, 2.45) is 0 Å². The zero-order valence-electron chi connectivity index (χ0n) is 16.9. The number of carbonyl (C=O) groups excluding carboxylic acids is 1. The Balaban J connectivity index is 1.80. The third-order valence-corrected chi connectivity index (χ3v) is 5.73. The molecule has 2 heterocycles. The summed E-state index contributed by atoms with van der Waals surface area (Å²) < 4.78 is 6.79. The van der Waals surface area contributed by atoms with Crippen LogP contribution in [0.2, 0.25) is 0 Å². The van der Waals surface area contributed by atoms with Gasteiger partial charge in [0.15, 0.2) is 4.96 Å². The predicted molar refractivity (Wildman–Crippen MR) is 118 cm³/mol. The van der Waals surface area contributed by atoms with Gasteiger partial charge < -0.3 is 9.64 Å². The smallest absolute Gasteiger partial charge is 0.350 e. The minimum Gasteiger partial charge on any atom is -0.460 e. The zero-order chi connectivity index (χ0) is 20.8. The van der Waals surface area contributed by atoms with E-state index in [4.69, 9.17) is 4.74 Å². The van der Waals surface area contributed by atoms with Gasteiger partial charge in [0.05, 0.1) is 5.69 Å².